The van der Waals surface area contributed by atoms with Crippen LogP contribution in [0.15, 0.2) is 48.5 Å². The van der Waals surface area contributed by atoms with Crippen LogP contribution in [0.1, 0.15) is 48.1 Å². The molecule has 0 radical (unpaired) electrons. The molecule has 0 saturated carbocycles. The average molecular weight is 398 g/mol. The van der Waals surface area contributed by atoms with Gasteiger partial charge in [0, 0.05) is 24.5 Å². The van der Waals surface area contributed by atoms with Gasteiger partial charge in [0.15, 0.2) is 5.11 Å². The predicted octanol–water partition coefficient (Wildman–Crippen LogP) is 4.51. The Labute approximate surface area is 172 Å². The van der Waals surface area contributed by atoms with Crippen LogP contribution < -0.4 is 15.5 Å². The van der Waals surface area contributed by atoms with E-state index in [1.165, 1.54) is 37.6 Å². The first-order valence-corrected chi connectivity index (χ1v) is 10.1. The Kier molecular flexibility index (Phi) is 6.87. The number of nitrogens with zero attached hydrogens (tertiary/aromatic N) is 1. The van der Waals surface area contributed by atoms with Crippen LogP contribution in [0.25, 0.3) is 0 Å². The molecule has 2 N–H and O–H groups in total. The Morgan fingerprint density at radius 1 is 1.11 bits per heavy atom. The van der Waals surface area contributed by atoms with Gasteiger partial charge in [-0.3, -0.25) is 0 Å². The SMILES string of the molecule is COC(=O)c1cccc(NC(=S)N[C@H](C)c2ccc(N3CCCCC3)cc2)c1. The molecule has 1 saturated heterocycles. The first kappa shape index (κ1) is 20.1. The molecule has 1 aliphatic rings. The third-order valence-corrected chi connectivity index (χ3v) is 5.22. The number of carbonyl (C=O) groups is 1. The summed E-state index contributed by atoms with van der Waals surface area (Å²) in [6.07, 6.45) is 3.89. The Morgan fingerprint density at radius 3 is 2.50 bits per heavy atom. The van der Waals surface area contributed by atoms with E-state index in [-0.39, 0.29) is 12.0 Å². The summed E-state index contributed by atoms with van der Waals surface area (Å²) in [5.41, 5.74) is 3.69. The second-order valence-electron chi connectivity index (χ2n) is 7.03. The third kappa shape index (κ3) is 5.23. The highest BCUT2D eigenvalue weighted by molar-refractivity contribution is 7.80. The number of benzene rings is 2. The molecule has 1 aliphatic heterocycles. The average Bonchev–Trinajstić information content (AvgIpc) is 2.74. The number of rotatable bonds is 5. The number of methoxy groups -OCH3 is 1. The van der Waals surface area contributed by atoms with Crippen LogP contribution in [0, 0.1) is 0 Å². The monoisotopic (exact) mass is 397 g/mol. The molecule has 5 nitrogen and oxygen atoms in total. The van der Waals surface area contributed by atoms with E-state index in [1.807, 2.05) is 6.07 Å². The molecular formula is C22H27N3O2S. The number of anilines is 2. The maximum absolute atomic E-state index is 11.7. The van der Waals surface area contributed by atoms with E-state index >= 15 is 0 Å². The number of carbonyl (C=O) groups excluding carboxylic acids is 1. The fourth-order valence-electron chi connectivity index (χ4n) is 3.41. The summed E-state index contributed by atoms with van der Waals surface area (Å²) in [4.78, 5) is 14.1. The molecule has 0 spiro atoms. The van der Waals surface area contributed by atoms with Gasteiger partial charge in [0.1, 0.15) is 0 Å². The topological polar surface area (TPSA) is 53.6 Å². The minimum Gasteiger partial charge on any atom is -0.465 e. The zero-order chi connectivity index (χ0) is 19.9. The molecule has 0 unspecified atom stereocenters. The molecule has 6 heteroatoms. The Bertz CT molecular complexity index is 817. The fraction of sp³-hybridized carbons (Fsp3) is 0.364. The van der Waals surface area contributed by atoms with Crippen molar-refractivity contribution < 1.29 is 9.53 Å². The lowest BCUT2D eigenvalue weighted by molar-refractivity contribution is 0.0601. The van der Waals surface area contributed by atoms with Crippen molar-refractivity contribution in [3.63, 3.8) is 0 Å². The molecule has 0 amide bonds. The normalized spacial score (nSPS) is 14.9. The molecule has 3 rings (SSSR count). The number of esters is 1. The molecule has 28 heavy (non-hydrogen) atoms. The molecule has 1 heterocycles. The van der Waals surface area contributed by atoms with Gasteiger partial charge in [0.2, 0.25) is 0 Å². The van der Waals surface area contributed by atoms with Crippen LogP contribution >= 0.6 is 12.2 Å². The van der Waals surface area contributed by atoms with E-state index in [1.54, 1.807) is 18.2 Å². The first-order chi connectivity index (χ1) is 13.6. The zero-order valence-corrected chi connectivity index (χ0v) is 17.2. The van der Waals surface area contributed by atoms with Gasteiger partial charge in [-0.15, -0.1) is 0 Å². The van der Waals surface area contributed by atoms with Crippen molar-refractivity contribution in [1.82, 2.24) is 5.32 Å². The maximum atomic E-state index is 11.7. The molecule has 2 aromatic rings. The second kappa shape index (κ2) is 9.55. The lowest BCUT2D eigenvalue weighted by Crippen LogP contribution is -2.31. The molecule has 1 atom stereocenters. The lowest BCUT2D eigenvalue weighted by atomic mass is 10.1. The van der Waals surface area contributed by atoms with Crippen molar-refractivity contribution in [2.75, 3.05) is 30.4 Å². The van der Waals surface area contributed by atoms with E-state index in [2.05, 4.69) is 46.7 Å². The smallest absolute Gasteiger partial charge is 0.337 e. The molecule has 0 aliphatic carbocycles. The van der Waals surface area contributed by atoms with Crippen molar-refractivity contribution in [2.24, 2.45) is 0 Å². The van der Waals surface area contributed by atoms with Gasteiger partial charge in [0.25, 0.3) is 0 Å². The Morgan fingerprint density at radius 2 is 1.82 bits per heavy atom. The highest BCUT2D eigenvalue weighted by Gasteiger charge is 2.13. The van der Waals surface area contributed by atoms with Crippen LogP contribution in [0.4, 0.5) is 11.4 Å². The molecular weight excluding hydrogens is 370 g/mol. The highest BCUT2D eigenvalue weighted by atomic mass is 32.1. The second-order valence-corrected chi connectivity index (χ2v) is 7.44. The zero-order valence-electron chi connectivity index (χ0n) is 16.4. The van der Waals surface area contributed by atoms with Crippen LogP contribution in [-0.4, -0.2) is 31.3 Å². The Hall–Kier alpha value is -2.60. The van der Waals surface area contributed by atoms with Gasteiger partial charge >= 0.3 is 5.97 Å². The van der Waals surface area contributed by atoms with E-state index in [4.69, 9.17) is 17.0 Å². The van der Waals surface area contributed by atoms with Crippen LogP contribution in [-0.2, 0) is 4.74 Å². The van der Waals surface area contributed by atoms with Gasteiger partial charge in [-0.25, -0.2) is 4.79 Å². The van der Waals surface area contributed by atoms with Crippen LogP contribution in [0.3, 0.4) is 0 Å². The number of hydrogen-bond donors (Lipinski definition) is 2. The summed E-state index contributed by atoms with van der Waals surface area (Å²) in [5, 5.41) is 6.94. The van der Waals surface area contributed by atoms with Gasteiger partial charge < -0.3 is 20.3 Å². The van der Waals surface area contributed by atoms with Crippen molar-refractivity contribution in [2.45, 2.75) is 32.2 Å². The summed E-state index contributed by atoms with van der Waals surface area (Å²) >= 11 is 5.43. The van der Waals surface area contributed by atoms with E-state index in [0.29, 0.717) is 10.7 Å². The minimum atomic E-state index is -0.371. The third-order valence-electron chi connectivity index (χ3n) is 5.00. The summed E-state index contributed by atoms with van der Waals surface area (Å²) in [5.74, 6) is -0.371. The number of ether oxygens (including phenoxy) is 1. The number of piperidine rings is 1. The minimum absolute atomic E-state index is 0.0687. The standard InChI is InChI=1S/C22H27N3O2S/c1-16(17-9-11-20(12-10-17)25-13-4-3-5-14-25)23-22(28)24-19-8-6-7-18(15-19)21(26)27-2/h6-12,15-16H,3-5,13-14H2,1-2H3,(H2,23,24,28)/t16-/m1/s1. The quantitative estimate of drug-likeness (QED) is 0.572. The van der Waals surface area contributed by atoms with Gasteiger partial charge in [-0.1, -0.05) is 18.2 Å². The summed E-state index contributed by atoms with van der Waals surface area (Å²) in [7, 11) is 1.37. The lowest BCUT2D eigenvalue weighted by Gasteiger charge is -2.29. The van der Waals surface area contributed by atoms with E-state index < -0.39 is 0 Å². The van der Waals surface area contributed by atoms with Crippen LogP contribution in [0.5, 0.6) is 0 Å². The summed E-state index contributed by atoms with van der Waals surface area (Å²) < 4.78 is 4.75. The van der Waals surface area contributed by atoms with Crippen molar-refractivity contribution in [3.05, 3.63) is 59.7 Å². The largest absolute Gasteiger partial charge is 0.465 e. The maximum Gasteiger partial charge on any atom is 0.337 e. The van der Waals surface area contributed by atoms with Gasteiger partial charge in [0.05, 0.1) is 18.7 Å². The molecule has 0 aromatic heterocycles. The van der Waals surface area contributed by atoms with Gasteiger partial charge in [-0.05, 0) is 74.3 Å². The Balaban J connectivity index is 1.57. The predicted molar refractivity (Wildman–Crippen MR) is 118 cm³/mol. The van der Waals surface area contributed by atoms with Crippen LogP contribution in [0.2, 0.25) is 0 Å². The highest BCUT2D eigenvalue weighted by Crippen LogP contribution is 2.22. The molecule has 2 aromatic carbocycles. The van der Waals surface area contributed by atoms with E-state index in [9.17, 15) is 4.79 Å². The number of nitrogens with one attached hydrogen (secondary N) is 2. The summed E-state index contributed by atoms with van der Waals surface area (Å²) in [6.45, 7) is 4.37. The van der Waals surface area contributed by atoms with Crippen molar-refractivity contribution in [1.29, 1.82) is 0 Å². The van der Waals surface area contributed by atoms with Crippen molar-refractivity contribution >= 4 is 34.7 Å². The van der Waals surface area contributed by atoms with Crippen molar-refractivity contribution in [3.8, 4) is 0 Å². The number of thiocarbonyl (C=S) groups is 1. The molecule has 1 fully saturated rings. The van der Waals surface area contributed by atoms with Gasteiger partial charge in [-0.2, -0.15) is 0 Å². The fourth-order valence-corrected chi connectivity index (χ4v) is 3.71. The first-order valence-electron chi connectivity index (χ1n) is 9.67. The number of hydrogen-bond acceptors (Lipinski definition) is 4. The van der Waals surface area contributed by atoms with E-state index in [0.717, 1.165) is 18.8 Å². The molecule has 0 bridgehead atoms. The molecule has 148 valence electrons. The summed E-state index contributed by atoms with van der Waals surface area (Å²) in [6, 6.07) is 15.8.